The zero-order valence-corrected chi connectivity index (χ0v) is 23.8. The second kappa shape index (κ2) is 12.4. The van der Waals surface area contributed by atoms with Crippen molar-refractivity contribution in [3.05, 3.63) is 113 Å². The Morgan fingerprint density at radius 1 is 0.881 bits per heavy atom. The Morgan fingerprint density at radius 3 is 2.45 bits per heavy atom. The van der Waals surface area contributed by atoms with Crippen molar-refractivity contribution in [2.24, 2.45) is 0 Å². The van der Waals surface area contributed by atoms with E-state index in [0.29, 0.717) is 34.4 Å². The molecule has 212 valence electrons. The molecule has 0 atom stereocenters. The van der Waals surface area contributed by atoms with Gasteiger partial charge in [0.15, 0.2) is 0 Å². The van der Waals surface area contributed by atoms with Gasteiger partial charge in [0.25, 0.3) is 11.8 Å². The number of allylic oxidation sites excluding steroid dienone is 4. The van der Waals surface area contributed by atoms with Crippen molar-refractivity contribution in [2.45, 2.75) is 26.7 Å². The maximum absolute atomic E-state index is 13.3. The molecule has 1 aromatic heterocycles. The standard InChI is InChI=1S/C33H33N7O2/c1-20-12-14-25(17-28(20)34)38-33-36-19-27(30(35-3)40-33)32(42)39-29-18-26(15-13-21(29)2)37-31(41)24-11-7-10-23(16-24)22-8-5-4-6-9-22/h5,7-19H,4,6,34H2,1-3H3,(H,37,41)(H,39,42)(H2,35,36,38,40). The fraction of sp³-hybridized carbons (Fsp3) is 0.152. The zero-order chi connectivity index (χ0) is 29.6. The van der Waals surface area contributed by atoms with Crippen LogP contribution in [0, 0.1) is 13.8 Å². The number of benzene rings is 3. The number of aryl methyl sites for hydroxylation is 2. The molecule has 0 saturated carbocycles. The molecule has 0 spiro atoms. The van der Waals surface area contributed by atoms with E-state index in [1.807, 2.05) is 50.2 Å². The Hall–Kier alpha value is -5.44. The molecule has 0 radical (unpaired) electrons. The van der Waals surface area contributed by atoms with E-state index in [4.69, 9.17) is 5.73 Å². The SMILES string of the molecule is CNc1nc(Nc2ccc(C)c(N)c2)ncc1C(=O)Nc1cc(NC(=O)c2cccc(C3=CCCC=C3)c2)ccc1C. The third-order valence-electron chi connectivity index (χ3n) is 7.00. The Labute approximate surface area is 245 Å². The fourth-order valence-electron chi connectivity index (χ4n) is 4.54. The quantitative estimate of drug-likeness (QED) is 0.152. The van der Waals surface area contributed by atoms with Crippen LogP contribution in [0.2, 0.25) is 0 Å². The molecule has 0 fully saturated rings. The van der Waals surface area contributed by atoms with E-state index in [-0.39, 0.29) is 11.5 Å². The fourth-order valence-corrected chi connectivity index (χ4v) is 4.54. The summed E-state index contributed by atoms with van der Waals surface area (Å²) in [5.41, 5.74) is 13.3. The van der Waals surface area contributed by atoms with Gasteiger partial charge in [0.05, 0.1) is 0 Å². The summed E-state index contributed by atoms with van der Waals surface area (Å²) in [7, 11) is 1.68. The van der Waals surface area contributed by atoms with Gasteiger partial charge in [-0.3, -0.25) is 9.59 Å². The smallest absolute Gasteiger partial charge is 0.261 e. The van der Waals surface area contributed by atoms with Crippen LogP contribution in [-0.2, 0) is 0 Å². The van der Waals surface area contributed by atoms with Gasteiger partial charge in [-0.2, -0.15) is 4.98 Å². The molecule has 42 heavy (non-hydrogen) atoms. The first-order chi connectivity index (χ1) is 20.3. The van der Waals surface area contributed by atoms with Crippen LogP contribution in [-0.4, -0.2) is 28.8 Å². The highest BCUT2D eigenvalue weighted by atomic mass is 16.2. The molecular weight excluding hydrogens is 526 g/mol. The van der Waals surface area contributed by atoms with E-state index >= 15 is 0 Å². The number of hydrogen-bond donors (Lipinski definition) is 5. The van der Waals surface area contributed by atoms with Gasteiger partial charge in [-0.05, 0) is 85.4 Å². The Morgan fingerprint density at radius 2 is 1.69 bits per heavy atom. The molecule has 0 unspecified atom stereocenters. The maximum Gasteiger partial charge on any atom is 0.261 e. The average Bonchev–Trinajstić information content (AvgIpc) is 3.01. The van der Waals surface area contributed by atoms with Gasteiger partial charge in [-0.15, -0.1) is 0 Å². The molecule has 0 bridgehead atoms. The van der Waals surface area contributed by atoms with E-state index in [1.165, 1.54) is 6.20 Å². The van der Waals surface area contributed by atoms with Crippen LogP contribution in [0.4, 0.5) is 34.5 Å². The van der Waals surface area contributed by atoms with Crippen LogP contribution >= 0.6 is 0 Å². The number of carbonyl (C=O) groups excluding carboxylic acids is 2. The summed E-state index contributed by atoms with van der Waals surface area (Å²) in [6.07, 6.45) is 9.89. The molecule has 9 heteroatoms. The van der Waals surface area contributed by atoms with Crippen LogP contribution in [0.25, 0.3) is 5.57 Å². The number of rotatable bonds is 8. The van der Waals surface area contributed by atoms with Gasteiger partial charge in [0.1, 0.15) is 11.4 Å². The number of nitrogens with zero attached hydrogens (tertiary/aromatic N) is 2. The van der Waals surface area contributed by atoms with Crippen molar-refractivity contribution in [3.63, 3.8) is 0 Å². The first-order valence-electron chi connectivity index (χ1n) is 13.7. The van der Waals surface area contributed by atoms with Gasteiger partial charge in [0, 0.05) is 41.6 Å². The molecule has 1 heterocycles. The lowest BCUT2D eigenvalue weighted by Gasteiger charge is -2.14. The van der Waals surface area contributed by atoms with Crippen molar-refractivity contribution in [1.82, 2.24) is 9.97 Å². The molecule has 6 N–H and O–H groups in total. The van der Waals surface area contributed by atoms with Gasteiger partial charge in [-0.1, -0.05) is 42.5 Å². The van der Waals surface area contributed by atoms with E-state index in [2.05, 4.69) is 49.5 Å². The Balaban J connectivity index is 1.30. The lowest BCUT2D eigenvalue weighted by molar-refractivity contribution is 0.101. The molecule has 1 aliphatic carbocycles. The van der Waals surface area contributed by atoms with Gasteiger partial charge < -0.3 is 27.0 Å². The molecule has 4 aromatic rings. The summed E-state index contributed by atoms with van der Waals surface area (Å²) >= 11 is 0. The molecule has 5 rings (SSSR count). The van der Waals surface area contributed by atoms with Crippen molar-refractivity contribution < 1.29 is 9.59 Å². The third kappa shape index (κ3) is 6.47. The molecule has 2 amide bonds. The Kier molecular flexibility index (Phi) is 8.29. The predicted octanol–water partition coefficient (Wildman–Crippen LogP) is 6.70. The lowest BCUT2D eigenvalue weighted by atomic mass is 9.98. The highest BCUT2D eigenvalue weighted by Crippen LogP contribution is 2.26. The van der Waals surface area contributed by atoms with Crippen LogP contribution in [0.3, 0.4) is 0 Å². The first kappa shape index (κ1) is 28.1. The maximum atomic E-state index is 13.3. The topological polar surface area (TPSA) is 134 Å². The monoisotopic (exact) mass is 559 g/mol. The minimum Gasteiger partial charge on any atom is -0.398 e. The summed E-state index contributed by atoms with van der Waals surface area (Å²) in [4.78, 5) is 35.1. The number of carbonyl (C=O) groups is 2. The largest absolute Gasteiger partial charge is 0.398 e. The van der Waals surface area contributed by atoms with Crippen LogP contribution in [0.1, 0.15) is 50.2 Å². The predicted molar refractivity (Wildman–Crippen MR) is 170 cm³/mol. The second-order valence-electron chi connectivity index (χ2n) is 10.1. The molecule has 0 aliphatic heterocycles. The van der Waals surface area contributed by atoms with Gasteiger partial charge in [-0.25, -0.2) is 4.98 Å². The highest BCUT2D eigenvalue weighted by Gasteiger charge is 2.17. The van der Waals surface area contributed by atoms with E-state index in [0.717, 1.165) is 40.8 Å². The number of amides is 2. The Bertz CT molecular complexity index is 1730. The summed E-state index contributed by atoms with van der Waals surface area (Å²) in [6, 6.07) is 18.5. The molecule has 1 aliphatic rings. The number of nitrogens with one attached hydrogen (secondary N) is 4. The first-order valence-corrected chi connectivity index (χ1v) is 13.7. The molecule has 0 saturated heterocycles. The average molecular weight is 560 g/mol. The van der Waals surface area contributed by atoms with E-state index in [9.17, 15) is 9.59 Å². The third-order valence-corrected chi connectivity index (χ3v) is 7.00. The number of nitrogen functional groups attached to an aromatic ring is 1. The molecular formula is C33H33N7O2. The summed E-state index contributed by atoms with van der Waals surface area (Å²) in [5.74, 6) is 0.0520. The minimum atomic E-state index is -0.390. The van der Waals surface area contributed by atoms with E-state index < -0.39 is 5.91 Å². The normalized spacial score (nSPS) is 12.3. The molecule has 9 nitrogen and oxygen atoms in total. The number of anilines is 6. The minimum absolute atomic E-state index is 0.234. The highest BCUT2D eigenvalue weighted by molar-refractivity contribution is 6.09. The van der Waals surface area contributed by atoms with Gasteiger partial charge in [0.2, 0.25) is 5.95 Å². The second-order valence-corrected chi connectivity index (χ2v) is 10.1. The van der Waals surface area contributed by atoms with Gasteiger partial charge >= 0.3 is 0 Å². The summed E-state index contributed by atoms with van der Waals surface area (Å²) in [6.45, 7) is 3.81. The number of aromatic nitrogens is 2. The van der Waals surface area contributed by atoms with Crippen LogP contribution < -0.4 is 27.0 Å². The van der Waals surface area contributed by atoms with Crippen molar-refractivity contribution in [2.75, 3.05) is 34.0 Å². The summed E-state index contributed by atoms with van der Waals surface area (Å²) < 4.78 is 0. The van der Waals surface area contributed by atoms with Crippen molar-refractivity contribution in [3.8, 4) is 0 Å². The van der Waals surface area contributed by atoms with Crippen LogP contribution in [0.15, 0.2) is 85.1 Å². The zero-order valence-electron chi connectivity index (χ0n) is 23.8. The van der Waals surface area contributed by atoms with Crippen molar-refractivity contribution in [1.29, 1.82) is 0 Å². The lowest BCUT2D eigenvalue weighted by Crippen LogP contribution is -2.17. The van der Waals surface area contributed by atoms with E-state index in [1.54, 1.807) is 31.3 Å². The van der Waals surface area contributed by atoms with Crippen LogP contribution in [0.5, 0.6) is 0 Å². The number of hydrogen-bond acceptors (Lipinski definition) is 7. The molecule has 3 aromatic carbocycles. The number of nitrogens with two attached hydrogens (primary N) is 1. The summed E-state index contributed by atoms with van der Waals surface area (Å²) in [5, 5.41) is 12.0. The van der Waals surface area contributed by atoms with Crippen molar-refractivity contribution >= 4 is 51.9 Å².